The van der Waals surface area contributed by atoms with E-state index in [0.717, 1.165) is 11.3 Å². The lowest BCUT2D eigenvalue weighted by Crippen LogP contribution is -2.50. The molecule has 0 spiro atoms. The van der Waals surface area contributed by atoms with Gasteiger partial charge in [0.05, 0.1) is 24.3 Å². The fourth-order valence-corrected chi connectivity index (χ4v) is 4.38. The van der Waals surface area contributed by atoms with E-state index >= 15 is 0 Å². The van der Waals surface area contributed by atoms with E-state index in [-0.39, 0.29) is 18.2 Å². The first-order chi connectivity index (χ1) is 14.5. The molecule has 9 heteroatoms. The van der Waals surface area contributed by atoms with Crippen LogP contribution in [0.4, 0.5) is 5.69 Å². The summed E-state index contributed by atoms with van der Waals surface area (Å²) in [6, 6.07) is 14.5. The second-order valence-electron chi connectivity index (χ2n) is 6.86. The number of nitrogens with zero attached hydrogens (tertiary/aromatic N) is 3. The highest BCUT2D eigenvalue weighted by molar-refractivity contribution is 7.92. The lowest BCUT2D eigenvalue weighted by molar-refractivity contribution is -0.127. The van der Waals surface area contributed by atoms with Crippen LogP contribution in [0.1, 0.15) is 12.5 Å². The van der Waals surface area contributed by atoms with Gasteiger partial charge in [-0.25, -0.2) is 13.4 Å². The Balaban J connectivity index is 1.45. The molecule has 0 unspecified atom stereocenters. The van der Waals surface area contributed by atoms with Gasteiger partial charge in [0.2, 0.25) is 10.0 Å². The number of hydrogen-bond acceptors (Lipinski definition) is 5. The number of imidazole rings is 1. The molecule has 1 aliphatic heterocycles. The summed E-state index contributed by atoms with van der Waals surface area (Å²) in [5, 5.41) is 2.84. The van der Waals surface area contributed by atoms with Crippen LogP contribution < -0.4 is 14.4 Å². The first kappa shape index (κ1) is 20.0. The summed E-state index contributed by atoms with van der Waals surface area (Å²) in [5.41, 5.74) is 2.34. The third-order valence-corrected chi connectivity index (χ3v) is 6.68. The van der Waals surface area contributed by atoms with Gasteiger partial charge in [0.1, 0.15) is 5.75 Å². The quantitative estimate of drug-likeness (QED) is 0.652. The predicted octanol–water partition coefficient (Wildman–Crippen LogP) is 2.11. The van der Waals surface area contributed by atoms with Crippen molar-refractivity contribution in [2.75, 3.05) is 16.6 Å². The number of hydrogen-bond donors (Lipinski definition) is 1. The predicted molar refractivity (Wildman–Crippen MR) is 113 cm³/mol. The van der Waals surface area contributed by atoms with Gasteiger partial charge >= 0.3 is 0 Å². The number of fused-ring (bicyclic) bond motifs is 1. The maximum Gasteiger partial charge on any atom is 0.263 e. The van der Waals surface area contributed by atoms with Crippen LogP contribution in [0.25, 0.3) is 5.69 Å². The van der Waals surface area contributed by atoms with Crippen molar-refractivity contribution in [1.29, 1.82) is 0 Å². The van der Waals surface area contributed by atoms with Crippen molar-refractivity contribution in [3.8, 4) is 11.4 Å². The van der Waals surface area contributed by atoms with E-state index in [9.17, 15) is 13.2 Å². The molecule has 0 radical (unpaired) electrons. The minimum absolute atomic E-state index is 0.0566. The average molecular weight is 426 g/mol. The summed E-state index contributed by atoms with van der Waals surface area (Å²) in [6.07, 6.45) is 4.35. The zero-order valence-electron chi connectivity index (χ0n) is 16.4. The number of anilines is 1. The molecule has 1 N–H and O–H groups in total. The van der Waals surface area contributed by atoms with Crippen LogP contribution >= 0.6 is 0 Å². The molecule has 0 saturated heterocycles. The smallest absolute Gasteiger partial charge is 0.263 e. The number of aromatic nitrogens is 2. The lowest BCUT2D eigenvalue weighted by atomic mass is 10.2. The summed E-state index contributed by atoms with van der Waals surface area (Å²) < 4.78 is 34.0. The SMILES string of the molecule is CCS(=O)(=O)N1C[C@@H](C(=O)NCc2ccc(-n3ccnc3)cc2)Oc2ccccc21. The van der Waals surface area contributed by atoms with Crippen LogP contribution in [0.2, 0.25) is 0 Å². The molecule has 2 heterocycles. The number of sulfonamides is 1. The van der Waals surface area contributed by atoms with Crippen LogP contribution in [0.3, 0.4) is 0 Å². The van der Waals surface area contributed by atoms with E-state index in [2.05, 4.69) is 10.3 Å². The Bertz CT molecular complexity index is 1130. The molecular weight excluding hydrogens is 404 g/mol. The molecule has 2 aromatic carbocycles. The van der Waals surface area contributed by atoms with Crippen molar-refractivity contribution in [1.82, 2.24) is 14.9 Å². The van der Waals surface area contributed by atoms with Gasteiger partial charge in [-0.05, 0) is 36.8 Å². The van der Waals surface area contributed by atoms with Crippen LogP contribution in [-0.2, 0) is 21.4 Å². The second kappa shape index (κ2) is 8.19. The van der Waals surface area contributed by atoms with Crippen molar-refractivity contribution >= 4 is 21.6 Å². The van der Waals surface area contributed by atoms with Crippen LogP contribution in [0.5, 0.6) is 5.75 Å². The van der Waals surface area contributed by atoms with Gasteiger partial charge in [-0.2, -0.15) is 0 Å². The molecule has 1 amide bonds. The molecule has 4 rings (SSSR count). The molecule has 3 aromatic rings. The third kappa shape index (κ3) is 4.02. The Labute approximate surface area is 175 Å². The second-order valence-corrected chi connectivity index (χ2v) is 9.04. The van der Waals surface area contributed by atoms with Gasteiger partial charge in [0.15, 0.2) is 6.10 Å². The standard InChI is InChI=1S/C21H22N4O4S/c1-2-30(27,28)25-14-20(29-19-6-4-3-5-18(19)25)21(26)23-13-16-7-9-17(10-8-16)24-12-11-22-15-24/h3-12,15,20H,2,13-14H2,1H3,(H,23,26)/t20-/m0/s1. The first-order valence-corrected chi connectivity index (χ1v) is 11.2. The average Bonchev–Trinajstić information content (AvgIpc) is 3.32. The number of para-hydroxylation sites is 2. The zero-order valence-corrected chi connectivity index (χ0v) is 17.2. The van der Waals surface area contributed by atoms with Crippen molar-refractivity contribution in [2.24, 2.45) is 0 Å². The molecule has 1 atom stereocenters. The summed E-state index contributed by atoms with van der Waals surface area (Å²) >= 11 is 0. The Morgan fingerprint density at radius 3 is 2.67 bits per heavy atom. The Morgan fingerprint density at radius 2 is 1.97 bits per heavy atom. The van der Waals surface area contributed by atoms with Gasteiger partial charge < -0.3 is 14.6 Å². The Hall–Kier alpha value is -3.33. The third-order valence-electron chi connectivity index (χ3n) is 4.93. The van der Waals surface area contributed by atoms with Gasteiger partial charge in [0.25, 0.3) is 5.91 Å². The van der Waals surface area contributed by atoms with E-state index < -0.39 is 16.1 Å². The normalized spacial score (nSPS) is 15.9. The summed E-state index contributed by atoms with van der Waals surface area (Å²) in [5.74, 6) is -0.0380. The summed E-state index contributed by atoms with van der Waals surface area (Å²) in [4.78, 5) is 16.7. The topological polar surface area (TPSA) is 93.5 Å². The van der Waals surface area contributed by atoms with Gasteiger partial charge in [-0.3, -0.25) is 9.10 Å². The summed E-state index contributed by atoms with van der Waals surface area (Å²) in [7, 11) is -3.53. The van der Waals surface area contributed by atoms with Crippen molar-refractivity contribution in [3.05, 3.63) is 72.8 Å². The van der Waals surface area contributed by atoms with Crippen LogP contribution in [0.15, 0.2) is 67.3 Å². The van der Waals surface area contributed by atoms with Gasteiger partial charge in [0, 0.05) is 24.6 Å². The van der Waals surface area contributed by atoms with E-state index in [0.29, 0.717) is 18.0 Å². The van der Waals surface area contributed by atoms with E-state index in [1.54, 1.807) is 43.7 Å². The summed E-state index contributed by atoms with van der Waals surface area (Å²) in [6.45, 7) is 1.83. The maximum atomic E-state index is 12.7. The number of ether oxygens (including phenoxy) is 1. The van der Waals surface area contributed by atoms with E-state index in [4.69, 9.17) is 4.74 Å². The minimum Gasteiger partial charge on any atom is -0.476 e. The molecule has 0 aliphatic carbocycles. The minimum atomic E-state index is -3.53. The number of carbonyl (C=O) groups excluding carboxylic acids is 1. The molecule has 0 bridgehead atoms. The van der Waals surface area contributed by atoms with Gasteiger partial charge in [-0.15, -0.1) is 0 Å². The number of amides is 1. The molecule has 1 aliphatic rings. The highest BCUT2D eigenvalue weighted by Crippen LogP contribution is 2.35. The van der Waals surface area contributed by atoms with Crippen molar-refractivity contribution in [2.45, 2.75) is 19.6 Å². The zero-order chi connectivity index (χ0) is 21.1. The molecule has 0 saturated carbocycles. The van der Waals surface area contributed by atoms with Crippen molar-refractivity contribution < 1.29 is 17.9 Å². The molecule has 156 valence electrons. The fourth-order valence-electron chi connectivity index (χ4n) is 3.26. The molecule has 8 nitrogen and oxygen atoms in total. The number of nitrogens with one attached hydrogen (secondary N) is 1. The number of carbonyl (C=O) groups is 1. The van der Waals surface area contributed by atoms with Crippen molar-refractivity contribution in [3.63, 3.8) is 0 Å². The number of benzene rings is 2. The Morgan fingerprint density at radius 1 is 1.20 bits per heavy atom. The maximum absolute atomic E-state index is 12.7. The fraction of sp³-hybridized carbons (Fsp3) is 0.238. The number of rotatable bonds is 6. The molecule has 30 heavy (non-hydrogen) atoms. The van der Waals surface area contributed by atoms with Crippen LogP contribution in [-0.4, -0.2) is 42.3 Å². The van der Waals surface area contributed by atoms with Crippen LogP contribution in [0, 0.1) is 0 Å². The van der Waals surface area contributed by atoms with E-state index in [1.165, 1.54) is 4.31 Å². The highest BCUT2D eigenvalue weighted by Gasteiger charge is 2.35. The molecule has 0 fully saturated rings. The Kier molecular flexibility index (Phi) is 5.45. The largest absolute Gasteiger partial charge is 0.476 e. The monoisotopic (exact) mass is 426 g/mol. The van der Waals surface area contributed by atoms with E-state index in [1.807, 2.05) is 35.0 Å². The van der Waals surface area contributed by atoms with Gasteiger partial charge in [-0.1, -0.05) is 24.3 Å². The molecular formula is C21H22N4O4S. The highest BCUT2D eigenvalue weighted by atomic mass is 32.2. The lowest BCUT2D eigenvalue weighted by Gasteiger charge is -2.34. The first-order valence-electron chi connectivity index (χ1n) is 9.59. The molecule has 1 aromatic heterocycles.